The molecule has 0 rings (SSSR count). The fourth-order valence-corrected chi connectivity index (χ4v) is 0.901. The Morgan fingerprint density at radius 2 is 2.08 bits per heavy atom. The molecule has 0 heterocycles. The van der Waals surface area contributed by atoms with Gasteiger partial charge in [-0.15, -0.1) is 0 Å². The van der Waals surface area contributed by atoms with Gasteiger partial charge >= 0.3 is 0 Å². The standard InChI is InChI=1S/C9H14N2O2/c1-7(5-10)6-11(3)9(13)4-8(2)12/h7H,4,6H2,1-3H3. The van der Waals surface area contributed by atoms with Crippen molar-refractivity contribution in [2.45, 2.75) is 20.3 Å². The number of ketones is 1. The van der Waals surface area contributed by atoms with Gasteiger partial charge in [-0.2, -0.15) is 5.26 Å². The average Bonchev–Trinajstić information content (AvgIpc) is 2.02. The van der Waals surface area contributed by atoms with Crippen LogP contribution in [0.5, 0.6) is 0 Å². The minimum absolute atomic E-state index is 0.0748. The molecule has 0 spiro atoms. The Bertz CT molecular complexity index is 242. The van der Waals surface area contributed by atoms with Crippen LogP contribution in [0.1, 0.15) is 20.3 Å². The Kier molecular flexibility index (Phi) is 4.75. The lowest BCUT2D eigenvalue weighted by Gasteiger charge is -2.17. The monoisotopic (exact) mass is 182 g/mol. The molecule has 4 heteroatoms. The summed E-state index contributed by atoms with van der Waals surface area (Å²) in [7, 11) is 1.60. The van der Waals surface area contributed by atoms with Crippen LogP contribution in [0.2, 0.25) is 0 Å². The van der Waals surface area contributed by atoms with Gasteiger partial charge in [0.2, 0.25) is 5.91 Å². The van der Waals surface area contributed by atoms with Gasteiger partial charge in [0, 0.05) is 13.6 Å². The fraction of sp³-hybridized carbons (Fsp3) is 0.667. The van der Waals surface area contributed by atoms with Crippen molar-refractivity contribution in [3.63, 3.8) is 0 Å². The van der Waals surface area contributed by atoms with E-state index in [2.05, 4.69) is 0 Å². The van der Waals surface area contributed by atoms with Crippen LogP contribution in [0, 0.1) is 17.2 Å². The molecule has 0 aromatic heterocycles. The van der Waals surface area contributed by atoms with Gasteiger partial charge in [-0.25, -0.2) is 0 Å². The summed E-state index contributed by atoms with van der Waals surface area (Å²) >= 11 is 0. The second-order valence-corrected chi connectivity index (χ2v) is 3.18. The number of nitrogens with zero attached hydrogens (tertiary/aromatic N) is 2. The summed E-state index contributed by atoms with van der Waals surface area (Å²) in [5.41, 5.74) is 0. The SMILES string of the molecule is CC(=O)CC(=O)N(C)CC(C)C#N. The van der Waals surface area contributed by atoms with E-state index in [0.29, 0.717) is 6.54 Å². The molecule has 1 unspecified atom stereocenters. The Morgan fingerprint density at radius 1 is 1.54 bits per heavy atom. The summed E-state index contributed by atoms with van der Waals surface area (Å²) in [4.78, 5) is 23.2. The van der Waals surface area contributed by atoms with E-state index in [-0.39, 0.29) is 24.0 Å². The predicted octanol–water partition coefficient (Wildman–Crippen LogP) is 0.584. The lowest BCUT2D eigenvalue weighted by Crippen LogP contribution is -2.31. The van der Waals surface area contributed by atoms with Gasteiger partial charge in [0.05, 0.1) is 18.4 Å². The number of rotatable bonds is 4. The van der Waals surface area contributed by atoms with Gasteiger partial charge in [0.15, 0.2) is 0 Å². The first kappa shape index (κ1) is 11.6. The van der Waals surface area contributed by atoms with Crippen LogP contribution < -0.4 is 0 Å². The topological polar surface area (TPSA) is 61.2 Å². The van der Waals surface area contributed by atoms with E-state index >= 15 is 0 Å². The van der Waals surface area contributed by atoms with Crippen LogP contribution in [0.4, 0.5) is 0 Å². The molecule has 0 saturated heterocycles. The lowest BCUT2D eigenvalue weighted by atomic mass is 10.2. The van der Waals surface area contributed by atoms with Gasteiger partial charge < -0.3 is 4.90 Å². The number of Topliss-reactive ketones (excluding diaryl/α,β-unsaturated/α-hetero) is 1. The van der Waals surface area contributed by atoms with Crippen LogP contribution in [-0.2, 0) is 9.59 Å². The molecule has 0 aliphatic heterocycles. The third-order valence-corrected chi connectivity index (χ3v) is 1.59. The van der Waals surface area contributed by atoms with Gasteiger partial charge in [-0.3, -0.25) is 9.59 Å². The maximum absolute atomic E-state index is 11.2. The van der Waals surface area contributed by atoms with Crippen molar-refractivity contribution in [3.8, 4) is 6.07 Å². The molecular formula is C9H14N2O2. The van der Waals surface area contributed by atoms with E-state index in [1.165, 1.54) is 11.8 Å². The summed E-state index contributed by atoms with van der Waals surface area (Å²) in [5.74, 6) is -0.572. The second kappa shape index (κ2) is 5.31. The summed E-state index contributed by atoms with van der Waals surface area (Å²) in [6, 6.07) is 2.03. The largest absolute Gasteiger partial charge is 0.344 e. The molecule has 1 amide bonds. The van der Waals surface area contributed by atoms with E-state index in [1.807, 2.05) is 6.07 Å². The molecule has 0 aliphatic rings. The molecule has 13 heavy (non-hydrogen) atoms. The van der Waals surface area contributed by atoms with Crippen molar-refractivity contribution in [2.75, 3.05) is 13.6 Å². The Labute approximate surface area is 78.1 Å². The number of hydrogen-bond acceptors (Lipinski definition) is 3. The number of nitriles is 1. The van der Waals surface area contributed by atoms with Crippen LogP contribution in [0.15, 0.2) is 0 Å². The number of hydrogen-bond donors (Lipinski definition) is 0. The van der Waals surface area contributed by atoms with Crippen molar-refractivity contribution < 1.29 is 9.59 Å². The molecule has 0 bridgehead atoms. The van der Waals surface area contributed by atoms with Crippen LogP contribution in [-0.4, -0.2) is 30.2 Å². The quantitative estimate of drug-likeness (QED) is 0.597. The lowest BCUT2D eigenvalue weighted by molar-refractivity contribution is -0.134. The molecule has 0 saturated carbocycles. The smallest absolute Gasteiger partial charge is 0.229 e. The molecular weight excluding hydrogens is 168 g/mol. The second-order valence-electron chi connectivity index (χ2n) is 3.18. The van der Waals surface area contributed by atoms with E-state index in [0.717, 1.165) is 0 Å². The maximum Gasteiger partial charge on any atom is 0.229 e. The molecule has 72 valence electrons. The highest BCUT2D eigenvalue weighted by Gasteiger charge is 2.13. The summed E-state index contributed by atoms with van der Waals surface area (Å²) in [6.45, 7) is 3.49. The molecule has 0 aromatic carbocycles. The molecule has 0 aliphatic carbocycles. The normalized spacial score (nSPS) is 11.5. The van der Waals surface area contributed by atoms with E-state index < -0.39 is 0 Å². The first-order valence-electron chi connectivity index (χ1n) is 4.10. The number of carbonyl (C=O) groups is 2. The highest BCUT2D eigenvalue weighted by molar-refractivity contribution is 5.96. The highest BCUT2D eigenvalue weighted by atomic mass is 16.2. The van der Waals surface area contributed by atoms with Crippen LogP contribution >= 0.6 is 0 Å². The Balaban J connectivity index is 3.98. The zero-order valence-electron chi connectivity index (χ0n) is 8.20. The predicted molar refractivity (Wildman–Crippen MR) is 47.7 cm³/mol. The Hall–Kier alpha value is -1.37. The highest BCUT2D eigenvalue weighted by Crippen LogP contribution is 1.98. The number of amides is 1. The van der Waals surface area contributed by atoms with Crippen LogP contribution in [0.25, 0.3) is 0 Å². The minimum Gasteiger partial charge on any atom is -0.344 e. The Morgan fingerprint density at radius 3 is 2.46 bits per heavy atom. The molecule has 0 N–H and O–H groups in total. The third kappa shape index (κ3) is 4.96. The third-order valence-electron chi connectivity index (χ3n) is 1.59. The van der Waals surface area contributed by atoms with E-state index in [4.69, 9.17) is 5.26 Å². The van der Waals surface area contributed by atoms with Gasteiger partial charge in [-0.1, -0.05) is 0 Å². The van der Waals surface area contributed by atoms with Gasteiger partial charge in [0.25, 0.3) is 0 Å². The van der Waals surface area contributed by atoms with Crippen molar-refractivity contribution >= 4 is 11.7 Å². The van der Waals surface area contributed by atoms with Crippen molar-refractivity contribution in [1.29, 1.82) is 5.26 Å². The molecule has 0 fully saturated rings. The molecule has 0 radical (unpaired) electrons. The van der Waals surface area contributed by atoms with Crippen molar-refractivity contribution in [1.82, 2.24) is 4.90 Å². The minimum atomic E-state index is -0.227. The van der Waals surface area contributed by atoms with Crippen molar-refractivity contribution in [2.24, 2.45) is 5.92 Å². The summed E-state index contributed by atoms with van der Waals surface area (Å²) in [6.07, 6.45) is -0.0748. The molecule has 4 nitrogen and oxygen atoms in total. The zero-order valence-corrected chi connectivity index (χ0v) is 8.20. The van der Waals surface area contributed by atoms with Gasteiger partial charge in [0.1, 0.15) is 5.78 Å². The zero-order chi connectivity index (χ0) is 10.4. The fourth-order valence-electron chi connectivity index (χ4n) is 0.901. The first-order valence-corrected chi connectivity index (χ1v) is 4.10. The molecule has 1 atom stereocenters. The average molecular weight is 182 g/mol. The number of carbonyl (C=O) groups excluding carboxylic acids is 2. The summed E-state index contributed by atoms with van der Waals surface area (Å²) < 4.78 is 0. The van der Waals surface area contributed by atoms with Crippen LogP contribution in [0.3, 0.4) is 0 Å². The van der Waals surface area contributed by atoms with Gasteiger partial charge in [-0.05, 0) is 13.8 Å². The first-order chi connectivity index (χ1) is 5.97. The van der Waals surface area contributed by atoms with E-state index in [1.54, 1.807) is 14.0 Å². The molecule has 0 aromatic rings. The van der Waals surface area contributed by atoms with E-state index in [9.17, 15) is 9.59 Å². The maximum atomic E-state index is 11.2. The summed E-state index contributed by atoms with van der Waals surface area (Å²) in [5, 5.41) is 8.49. The van der Waals surface area contributed by atoms with Crippen molar-refractivity contribution in [3.05, 3.63) is 0 Å².